The molecule has 0 saturated carbocycles. The van der Waals surface area contributed by atoms with Gasteiger partial charge in [-0.1, -0.05) is 11.6 Å². The molecular weight excluding hydrogens is 472 g/mol. The van der Waals surface area contributed by atoms with Crippen LogP contribution in [0.4, 0.5) is 32.2 Å². The highest BCUT2D eigenvalue weighted by Gasteiger charge is 2.32. The Hall–Kier alpha value is -3.35. The smallest absolute Gasteiger partial charge is 0.417 e. The molecule has 0 aliphatic carbocycles. The molecule has 0 atom stereocenters. The van der Waals surface area contributed by atoms with E-state index in [0.29, 0.717) is 24.4 Å². The summed E-state index contributed by atoms with van der Waals surface area (Å²) in [5.74, 6) is -3.29. The molecule has 1 aromatic carbocycles. The standard InChI is InChI=1S/C18H12ClF6N3O4/c19-12-5-11(18(23,24)25)6-26-15(12)28-13(29)8-32-14(30)7-27-16(31)9-1-3-10(4-2-9)17(20,21)22/h1-6H,7-8H2,(H,27,31)(H,26,28,29). The van der Waals surface area contributed by atoms with E-state index < -0.39 is 65.3 Å². The van der Waals surface area contributed by atoms with Gasteiger partial charge in [-0.05, 0) is 30.3 Å². The van der Waals surface area contributed by atoms with E-state index in [4.69, 9.17) is 11.6 Å². The zero-order valence-electron chi connectivity index (χ0n) is 15.6. The van der Waals surface area contributed by atoms with Gasteiger partial charge in [0.15, 0.2) is 12.4 Å². The number of carbonyl (C=O) groups excluding carboxylic acids is 3. The maximum atomic E-state index is 12.6. The van der Waals surface area contributed by atoms with E-state index in [9.17, 15) is 40.7 Å². The second kappa shape index (κ2) is 9.85. The van der Waals surface area contributed by atoms with Crippen LogP contribution in [0.15, 0.2) is 36.5 Å². The summed E-state index contributed by atoms with van der Waals surface area (Å²) in [5.41, 5.74) is -2.23. The first-order chi connectivity index (χ1) is 14.8. The third kappa shape index (κ3) is 7.11. The van der Waals surface area contributed by atoms with Crippen LogP contribution in [0.3, 0.4) is 0 Å². The third-order valence-electron chi connectivity index (χ3n) is 3.66. The van der Waals surface area contributed by atoms with E-state index in [1.165, 1.54) is 0 Å². The van der Waals surface area contributed by atoms with Gasteiger partial charge in [-0.25, -0.2) is 4.98 Å². The number of esters is 1. The summed E-state index contributed by atoms with van der Waals surface area (Å²) in [7, 11) is 0. The molecule has 172 valence electrons. The normalized spacial score (nSPS) is 11.6. The molecule has 32 heavy (non-hydrogen) atoms. The first kappa shape index (κ1) is 24.9. The molecule has 0 aliphatic rings. The van der Waals surface area contributed by atoms with E-state index in [1.54, 1.807) is 0 Å². The number of ether oxygens (including phenoxy) is 1. The molecule has 1 aromatic heterocycles. The van der Waals surface area contributed by atoms with E-state index >= 15 is 0 Å². The fourth-order valence-corrected chi connectivity index (χ4v) is 2.33. The number of hydrogen-bond acceptors (Lipinski definition) is 5. The number of alkyl halides is 6. The second-order valence-electron chi connectivity index (χ2n) is 6.02. The van der Waals surface area contributed by atoms with Crippen LogP contribution in [0.2, 0.25) is 5.02 Å². The van der Waals surface area contributed by atoms with Crippen LogP contribution in [-0.2, 0) is 26.7 Å². The molecule has 0 aliphatic heterocycles. The Morgan fingerprint density at radius 2 is 1.56 bits per heavy atom. The zero-order chi connectivity index (χ0) is 24.1. The number of pyridine rings is 1. The number of amides is 2. The molecule has 0 radical (unpaired) electrons. The highest BCUT2D eigenvalue weighted by Crippen LogP contribution is 2.32. The van der Waals surface area contributed by atoms with Crippen molar-refractivity contribution in [3.05, 3.63) is 58.2 Å². The van der Waals surface area contributed by atoms with Crippen molar-refractivity contribution < 1.29 is 45.5 Å². The Morgan fingerprint density at radius 1 is 0.969 bits per heavy atom. The molecule has 0 fully saturated rings. The van der Waals surface area contributed by atoms with Crippen molar-refractivity contribution in [1.29, 1.82) is 0 Å². The van der Waals surface area contributed by atoms with Gasteiger partial charge in [0.1, 0.15) is 6.54 Å². The van der Waals surface area contributed by atoms with Crippen LogP contribution < -0.4 is 10.6 Å². The number of hydrogen-bond donors (Lipinski definition) is 2. The number of nitrogens with zero attached hydrogens (tertiary/aromatic N) is 1. The second-order valence-corrected chi connectivity index (χ2v) is 6.43. The van der Waals surface area contributed by atoms with Crippen LogP contribution in [0.1, 0.15) is 21.5 Å². The van der Waals surface area contributed by atoms with Crippen LogP contribution in [0.25, 0.3) is 0 Å². The summed E-state index contributed by atoms with van der Waals surface area (Å²) in [6.07, 6.45) is -8.80. The molecule has 1 heterocycles. The summed E-state index contributed by atoms with van der Waals surface area (Å²) in [5, 5.41) is 3.64. The van der Waals surface area contributed by atoms with Gasteiger partial charge in [-0.3, -0.25) is 14.4 Å². The Morgan fingerprint density at radius 3 is 2.09 bits per heavy atom. The molecule has 14 heteroatoms. The van der Waals surface area contributed by atoms with Crippen molar-refractivity contribution in [3.8, 4) is 0 Å². The minimum atomic E-state index is -4.68. The highest BCUT2D eigenvalue weighted by molar-refractivity contribution is 6.33. The lowest BCUT2D eigenvalue weighted by Crippen LogP contribution is -2.32. The number of anilines is 1. The number of halogens is 7. The quantitative estimate of drug-likeness (QED) is 0.482. The fourth-order valence-electron chi connectivity index (χ4n) is 2.12. The maximum Gasteiger partial charge on any atom is 0.417 e. The largest absolute Gasteiger partial charge is 0.454 e. The summed E-state index contributed by atoms with van der Waals surface area (Å²) >= 11 is 5.62. The van der Waals surface area contributed by atoms with Crippen molar-refractivity contribution in [2.75, 3.05) is 18.5 Å². The van der Waals surface area contributed by atoms with Crippen molar-refractivity contribution in [2.45, 2.75) is 12.4 Å². The Kier molecular flexibility index (Phi) is 7.67. The predicted molar refractivity (Wildman–Crippen MR) is 97.6 cm³/mol. The summed E-state index contributed by atoms with van der Waals surface area (Å²) in [4.78, 5) is 38.6. The lowest BCUT2D eigenvalue weighted by molar-refractivity contribution is -0.146. The summed E-state index contributed by atoms with van der Waals surface area (Å²) in [6.45, 7) is -1.57. The van der Waals surface area contributed by atoms with Crippen LogP contribution in [-0.4, -0.2) is 35.9 Å². The molecule has 2 N–H and O–H groups in total. The van der Waals surface area contributed by atoms with Gasteiger partial charge in [0, 0.05) is 11.8 Å². The molecule has 2 rings (SSSR count). The third-order valence-corrected chi connectivity index (χ3v) is 3.95. The van der Waals surface area contributed by atoms with Crippen LogP contribution in [0.5, 0.6) is 0 Å². The van der Waals surface area contributed by atoms with Gasteiger partial charge in [-0.15, -0.1) is 0 Å². The number of aromatic nitrogens is 1. The van der Waals surface area contributed by atoms with E-state index in [0.717, 1.165) is 12.1 Å². The zero-order valence-corrected chi connectivity index (χ0v) is 16.4. The van der Waals surface area contributed by atoms with Gasteiger partial charge in [-0.2, -0.15) is 26.3 Å². The monoisotopic (exact) mass is 483 g/mol. The minimum absolute atomic E-state index is 0.147. The predicted octanol–water partition coefficient (Wildman–Crippen LogP) is 3.68. The topological polar surface area (TPSA) is 97.4 Å². The molecule has 0 unspecified atom stereocenters. The number of benzene rings is 1. The van der Waals surface area contributed by atoms with Crippen LogP contribution >= 0.6 is 11.6 Å². The van der Waals surface area contributed by atoms with Crippen LogP contribution in [0, 0.1) is 0 Å². The van der Waals surface area contributed by atoms with Gasteiger partial charge in [0.25, 0.3) is 11.8 Å². The van der Waals surface area contributed by atoms with Crippen molar-refractivity contribution in [2.24, 2.45) is 0 Å². The Labute approximate surface area is 180 Å². The van der Waals surface area contributed by atoms with E-state index in [2.05, 4.69) is 15.0 Å². The molecule has 7 nitrogen and oxygen atoms in total. The fraction of sp³-hybridized carbons (Fsp3) is 0.222. The number of carbonyl (C=O) groups is 3. The van der Waals surface area contributed by atoms with Gasteiger partial charge in [0.2, 0.25) is 0 Å². The molecule has 0 saturated heterocycles. The van der Waals surface area contributed by atoms with Gasteiger partial charge in [0.05, 0.1) is 16.1 Å². The van der Waals surface area contributed by atoms with E-state index in [1.807, 2.05) is 5.32 Å². The minimum Gasteiger partial charge on any atom is -0.454 e. The van der Waals surface area contributed by atoms with Gasteiger partial charge >= 0.3 is 18.3 Å². The number of nitrogens with one attached hydrogen (secondary N) is 2. The average Bonchev–Trinajstić information content (AvgIpc) is 2.70. The van der Waals surface area contributed by atoms with E-state index in [-0.39, 0.29) is 5.56 Å². The van der Waals surface area contributed by atoms with Crippen molar-refractivity contribution in [3.63, 3.8) is 0 Å². The maximum absolute atomic E-state index is 12.6. The average molecular weight is 484 g/mol. The molecule has 2 aromatic rings. The van der Waals surface area contributed by atoms with Crippen molar-refractivity contribution >= 4 is 35.2 Å². The molecule has 0 bridgehead atoms. The first-order valence-corrected chi connectivity index (χ1v) is 8.79. The van der Waals surface area contributed by atoms with Crippen molar-refractivity contribution in [1.82, 2.24) is 10.3 Å². The lowest BCUT2D eigenvalue weighted by atomic mass is 10.1. The Bertz CT molecular complexity index is 1010. The number of rotatable bonds is 6. The van der Waals surface area contributed by atoms with Gasteiger partial charge < -0.3 is 15.4 Å². The summed E-state index contributed by atoms with van der Waals surface area (Å²) in [6, 6.07) is 3.76. The SMILES string of the molecule is O=C(COC(=O)CNC(=O)c1ccc(C(F)(F)F)cc1)Nc1ncc(C(F)(F)F)cc1Cl. The molecular formula is C18H12ClF6N3O4. The Balaban J connectivity index is 1.80. The molecule has 0 spiro atoms. The summed E-state index contributed by atoms with van der Waals surface area (Å²) < 4.78 is 79.7. The first-order valence-electron chi connectivity index (χ1n) is 8.41. The lowest BCUT2D eigenvalue weighted by Gasteiger charge is -2.10. The molecule has 2 amide bonds. The highest BCUT2D eigenvalue weighted by atomic mass is 35.5.